The Labute approximate surface area is 233 Å². The molecule has 0 aromatic carbocycles. The molecule has 232 valence electrons. The Morgan fingerprint density at radius 3 is 1.67 bits per heavy atom. The third-order valence-electron chi connectivity index (χ3n) is 7.81. The largest absolute Gasteiger partial charge is 0.394 e. The van der Waals surface area contributed by atoms with Crippen molar-refractivity contribution in [1.82, 2.24) is 0 Å². The third kappa shape index (κ3) is 10.7. The molecule has 0 bridgehead atoms. The topological polar surface area (TPSA) is 179 Å². The molecular weight excluding hydrogens is 512 g/mol. The van der Waals surface area contributed by atoms with Gasteiger partial charge in [-0.15, -0.1) is 0 Å². The molecule has 2 aliphatic heterocycles. The SMILES string of the molecule is CCCCCCCCCCCCCCCCOC[C@H]1O[C@H](O[C@]2(CO)O[C@H](CO)[C@@H](O)[C@@H]2O)[C@H](O)[C@@H](O)[C@@H]1O. The summed E-state index contributed by atoms with van der Waals surface area (Å²) in [6, 6.07) is 0. The molecule has 2 saturated heterocycles. The van der Waals surface area contributed by atoms with Gasteiger partial charge >= 0.3 is 0 Å². The minimum atomic E-state index is -2.19. The molecule has 9 atom stereocenters. The van der Waals surface area contributed by atoms with E-state index in [1.165, 1.54) is 70.6 Å². The van der Waals surface area contributed by atoms with Crippen molar-refractivity contribution in [2.75, 3.05) is 26.4 Å². The smallest absolute Gasteiger partial charge is 0.224 e. The van der Waals surface area contributed by atoms with E-state index in [2.05, 4.69) is 6.92 Å². The van der Waals surface area contributed by atoms with E-state index in [-0.39, 0.29) is 6.61 Å². The second-order valence-electron chi connectivity index (χ2n) is 11.0. The van der Waals surface area contributed by atoms with Crippen LogP contribution in [0.5, 0.6) is 0 Å². The van der Waals surface area contributed by atoms with Crippen LogP contribution in [0.4, 0.5) is 0 Å². The molecule has 7 N–H and O–H groups in total. The fraction of sp³-hybridized carbons (Fsp3) is 1.00. The quantitative estimate of drug-likeness (QED) is 0.0990. The van der Waals surface area contributed by atoms with Crippen LogP contribution in [0.25, 0.3) is 0 Å². The maximum atomic E-state index is 10.4. The lowest BCUT2D eigenvalue weighted by Crippen LogP contribution is -2.62. The van der Waals surface area contributed by atoms with Crippen molar-refractivity contribution < 1.29 is 54.7 Å². The minimum absolute atomic E-state index is 0.0688. The summed E-state index contributed by atoms with van der Waals surface area (Å²) < 4.78 is 22.1. The highest BCUT2D eigenvalue weighted by atomic mass is 16.8. The zero-order valence-corrected chi connectivity index (χ0v) is 23.6. The van der Waals surface area contributed by atoms with Gasteiger partial charge in [-0.1, -0.05) is 90.4 Å². The van der Waals surface area contributed by atoms with E-state index in [0.29, 0.717) is 6.61 Å². The lowest BCUT2D eigenvalue weighted by atomic mass is 9.99. The number of unbranched alkanes of at least 4 members (excludes halogenated alkanes) is 13. The van der Waals surface area contributed by atoms with E-state index >= 15 is 0 Å². The van der Waals surface area contributed by atoms with E-state index in [1.807, 2.05) is 0 Å². The van der Waals surface area contributed by atoms with Gasteiger partial charge in [-0.25, -0.2) is 0 Å². The van der Waals surface area contributed by atoms with E-state index < -0.39 is 68.0 Å². The highest BCUT2D eigenvalue weighted by molar-refractivity contribution is 4.98. The van der Waals surface area contributed by atoms with Crippen LogP contribution in [0.3, 0.4) is 0 Å². The first-order valence-electron chi connectivity index (χ1n) is 15.0. The Bertz CT molecular complexity index is 626. The molecule has 0 radical (unpaired) electrons. The standard InChI is InChI=1S/C28H54O11/c1-2-3-4-5-6-7-8-9-10-11-12-13-14-15-16-36-18-21-22(31)24(33)25(34)27(37-21)39-28(19-30)26(35)23(32)20(17-29)38-28/h20-27,29-35H,2-19H2,1H3/t20-,21-,22-,23-,24+,25-,26+,27-,28+/m1/s1. The number of ether oxygens (including phenoxy) is 4. The second kappa shape index (κ2) is 18.9. The molecule has 2 aliphatic rings. The molecule has 0 aromatic heterocycles. The van der Waals surface area contributed by atoms with Gasteiger partial charge in [0, 0.05) is 6.61 Å². The Morgan fingerprint density at radius 2 is 1.18 bits per heavy atom. The molecule has 0 amide bonds. The van der Waals surface area contributed by atoms with E-state index in [9.17, 15) is 35.7 Å². The first kappa shape index (κ1) is 34.8. The summed E-state index contributed by atoms with van der Waals surface area (Å²) in [6.45, 7) is 1.05. The summed E-state index contributed by atoms with van der Waals surface area (Å²) in [5, 5.41) is 70.5. The van der Waals surface area contributed by atoms with E-state index in [0.717, 1.165) is 19.3 Å². The van der Waals surface area contributed by atoms with Crippen molar-refractivity contribution >= 4 is 0 Å². The van der Waals surface area contributed by atoms with Crippen LogP contribution in [0.2, 0.25) is 0 Å². The molecular formula is C28H54O11. The van der Waals surface area contributed by atoms with Gasteiger partial charge < -0.3 is 54.7 Å². The monoisotopic (exact) mass is 566 g/mol. The summed E-state index contributed by atoms with van der Waals surface area (Å²) in [7, 11) is 0. The average Bonchev–Trinajstić information content (AvgIpc) is 3.18. The molecule has 11 nitrogen and oxygen atoms in total. The zero-order valence-electron chi connectivity index (χ0n) is 23.6. The van der Waals surface area contributed by atoms with Crippen molar-refractivity contribution in [3.63, 3.8) is 0 Å². The number of hydrogen-bond donors (Lipinski definition) is 7. The predicted molar refractivity (Wildman–Crippen MR) is 143 cm³/mol. The van der Waals surface area contributed by atoms with Gasteiger partial charge in [0.15, 0.2) is 6.29 Å². The van der Waals surface area contributed by atoms with Crippen LogP contribution in [-0.2, 0) is 18.9 Å². The van der Waals surface area contributed by atoms with Gasteiger partial charge in [0.1, 0.15) is 49.3 Å². The van der Waals surface area contributed by atoms with Gasteiger partial charge in [-0.2, -0.15) is 0 Å². The van der Waals surface area contributed by atoms with Gasteiger partial charge in [0.2, 0.25) is 5.79 Å². The van der Waals surface area contributed by atoms with Gasteiger partial charge in [-0.05, 0) is 6.42 Å². The van der Waals surface area contributed by atoms with Crippen LogP contribution in [0.1, 0.15) is 96.8 Å². The number of rotatable bonds is 21. The molecule has 2 fully saturated rings. The predicted octanol–water partition coefficient (Wildman–Crippen LogP) is 1.11. The van der Waals surface area contributed by atoms with Crippen LogP contribution < -0.4 is 0 Å². The van der Waals surface area contributed by atoms with Crippen molar-refractivity contribution in [2.24, 2.45) is 0 Å². The molecule has 11 heteroatoms. The van der Waals surface area contributed by atoms with Crippen molar-refractivity contribution in [3.05, 3.63) is 0 Å². The van der Waals surface area contributed by atoms with Gasteiger partial charge in [0.05, 0.1) is 13.2 Å². The van der Waals surface area contributed by atoms with Crippen molar-refractivity contribution in [2.45, 2.75) is 152 Å². The molecule has 2 rings (SSSR count). The molecule has 0 unspecified atom stereocenters. The van der Waals surface area contributed by atoms with Crippen molar-refractivity contribution in [3.8, 4) is 0 Å². The molecule has 0 aliphatic carbocycles. The maximum absolute atomic E-state index is 10.4. The minimum Gasteiger partial charge on any atom is -0.394 e. The fourth-order valence-corrected chi connectivity index (χ4v) is 5.22. The Kier molecular flexibility index (Phi) is 16.8. The number of aliphatic hydroxyl groups is 7. The third-order valence-corrected chi connectivity index (χ3v) is 7.81. The van der Waals surface area contributed by atoms with E-state index in [4.69, 9.17) is 18.9 Å². The Balaban J connectivity index is 1.61. The lowest BCUT2D eigenvalue weighted by Gasteiger charge is -2.43. The molecule has 39 heavy (non-hydrogen) atoms. The average molecular weight is 567 g/mol. The number of hydrogen-bond acceptors (Lipinski definition) is 11. The Morgan fingerprint density at radius 1 is 0.641 bits per heavy atom. The summed E-state index contributed by atoms with van der Waals surface area (Å²) in [5.74, 6) is -2.19. The van der Waals surface area contributed by atoms with Gasteiger partial charge in [-0.3, -0.25) is 0 Å². The number of aliphatic hydroxyl groups excluding tert-OH is 7. The normalized spacial score (nSPS) is 35.1. The molecule has 0 spiro atoms. The molecule has 0 saturated carbocycles. The second-order valence-corrected chi connectivity index (χ2v) is 11.0. The summed E-state index contributed by atoms with van der Waals surface area (Å²) in [5.41, 5.74) is 0. The maximum Gasteiger partial charge on any atom is 0.224 e. The fourth-order valence-electron chi connectivity index (χ4n) is 5.22. The van der Waals surface area contributed by atoms with Gasteiger partial charge in [0.25, 0.3) is 0 Å². The van der Waals surface area contributed by atoms with Crippen molar-refractivity contribution in [1.29, 1.82) is 0 Å². The summed E-state index contributed by atoms with van der Waals surface area (Å²) in [6.07, 6.45) is 5.52. The summed E-state index contributed by atoms with van der Waals surface area (Å²) >= 11 is 0. The first-order valence-corrected chi connectivity index (χ1v) is 15.0. The van der Waals surface area contributed by atoms with Crippen LogP contribution >= 0.6 is 0 Å². The van der Waals surface area contributed by atoms with E-state index in [1.54, 1.807) is 0 Å². The highest BCUT2D eigenvalue weighted by Crippen LogP contribution is 2.36. The van der Waals surface area contributed by atoms with Crippen LogP contribution in [0.15, 0.2) is 0 Å². The molecule has 2 heterocycles. The Hall–Kier alpha value is -0.440. The zero-order chi connectivity index (χ0) is 28.7. The first-order chi connectivity index (χ1) is 18.8. The summed E-state index contributed by atoms with van der Waals surface area (Å²) in [4.78, 5) is 0. The highest BCUT2D eigenvalue weighted by Gasteiger charge is 2.58. The van der Waals surface area contributed by atoms with Crippen LogP contribution in [-0.4, -0.2) is 117 Å². The van der Waals surface area contributed by atoms with Crippen LogP contribution in [0, 0.1) is 0 Å². The lowest BCUT2D eigenvalue weighted by molar-refractivity contribution is -0.384. The molecule has 0 aromatic rings.